The molecule has 1 amide bonds. The number of nitrogens with one attached hydrogen (secondary N) is 2. The van der Waals surface area contributed by atoms with Gasteiger partial charge in [0, 0.05) is 13.1 Å². The lowest BCUT2D eigenvalue weighted by atomic mass is 10.1. The molecule has 2 N–H and O–H groups in total. The average Bonchev–Trinajstić information content (AvgIpc) is 2.78. The van der Waals surface area contributed by atoms with Crippen LogP contribution in [0.5, 0.6) is 5.75 Å². The van der Waals surface area contributed by atoms with Crippen molar-refractivity contribution in [2.45, 2.75) is 0 Å². The highest BCUT2D eigenvalue weighted by Gasteiger charge is 2.19. The van der Waals surface area contributed by atoms with Gasteiger partial charge in [-0.1, -0.05) is 12.1 Å². The van der Waals surface area contributed by atoms with E-state index in [0.717, 1.165) is 5.69 Å². The van der Waals surface area contributed by atoms with Crippen LogP contribution in [0, 0.1) is 0 Å². The maximum absolute atomic E-state index is 12.6. The molecule has 0 aromatic heterocycles. The summed E-state index contributed by atoms with van der Waals surface area (Å²) in [4.78, 5) is 26.7. The van der Waals surface area contributed by atoms with E-state index in [2.05, 4.69) is 15.5 Å². The number of hydrogen-bond acceptors (Lipinski definition) is 7. The van der Waals surface area contributed by atoms with Gasteiger partial charge in [-0.05, 0) is 42.5 Å². The summed E-state index contributed by atoms with van der Waals surface area (Å²) in [7, 11) is 2.82. The minimum atomic E-state index is -0.462. The summed E-state index contributed by atoms with van der Waals surface area (Å²) in [5, 5.41) is 5.79. The second kappa shape index (κ2) is 10.0. The first kappa shape index (κ1) is 21.5. The Kier molecular flexibility index (Phi) is 7.21. The van der Waals surface area contributed by atoms with Crippen LogP contribution in [-0.4, -0.2) is 57.5 Å². The Bertz CT molecular complexity index is 944. The number of methoxy groups -OCH3 is 2. The number of anilines is 2. The number of carbonyl (C=O) groups is 2. The van der Waals surface area contributed by atoms with Gasteiger partial charge in [-0.3, -0.25) is 10.1 Å². The van der Waals surface area contributed by atoms with Gasteiger partial charge in [0.25, 0.3) is 5.91 Å². The lowest BCUT2D eigenvalue weighted by Gasteiger charge is -2.31. The second-order valence-corrected chi connectivity index (χ2v) is 6.84. The molecule has 1 heterocycles. The lowest BCUT2D eigenvalue weighted by Crippen LogP contribution is -2.38. The first-order valence-corrected chi connectivity index (χ1v) is 9.74. The van der Waals surface area contributed by atoms with Crippen molar-refractivity contribution in [2.24, 2.45) is 0 Å². The third-order valence-electron chi connectivity index (χ3n) is 4.60. The Balaban J connectivity index is 1.81. The van der Waals surface area contributed by atoms with Crippen LogP contribution < -0.4 is 20.3 Å². The molecule has 0 radical (unpaired) electrons. The van der Waals surface area contributed by atoms with Crippen LogP contribution in [0.15, 0.2) is 42.5 Å². The van der Waals surface area contributed by atoms with Gasteiger partial charge in [-0.15, -0.1) is 0 Å². The number of morpholine rings is 1. The van der Waals surface area contributed by atoms with Gasteiger partial charge >= 0.3 is 5.97 Å². The third-order valence-corrected chi connectivity index (χ3v) is 4.80. The topological polar surface area (TPSA) is 89.1 Å². The molecule has 0 bridgehead atoms. The number of hydrogen-bond donors (Lipinski definition) is 2. The third kappa shape index (κ3) is 5.05. The predicted octanol–water partition coefficient (Wildman–Crippen LogP) is 2.45. The highest BCUT2D eigenvalue weighted by atomic mass is 32.1. The van der Waals surface area contributed by atoms with Crippen molar-refractivity contribution in [3.05, 3.63) is 53.6 Å². The average molecular weight is 429 g/mol. The second-order valence-electron chi connectivity index (χ2n) is 6.43. The Morgan fingerprint density at radius 2 is 1.83 bits per heavy atom. The van der Waals surface area contributed by atoms with Crippen LogP contribution >= 0.6 is 12.2 Å². The van der Waals surface area contributed by atoms with Crippen molar-refractivity contribution in [3.63, 3.8) is 0 Å². The summed E-state index contributed by atoms with van der Waals surface area (Å²) < 4.78 is 15.5. The number of thiocarbonyl (C=S) groups is 1. The molecule has 0 unspecified atom stereocenters. The van der Waals surface area contributed by atoms with Crippen molar-refractivity contribution in [1.82, 2.24) is 5.32 Å². The van der Waals surface area contributed by atoms with E-state index >= 15 is 0 Å². The van der Waals surface area contributed by atoms with E-state index in [0.29, 0.717) is 48.9 Å². The van der Waals surface area contributed by atoms with Gasteiger partial charge < -0.3 is 24.4 Å². The molecule has 1 aliphatic heterocycles. The fourth-order valence-electron chi connectivity index (χ4n) is 3.12. The van der Waals surface area contributed by atoms with Crippen molar-refractivity contribution < 1.29 is 23.8 Å². The summed E-state index contributed by atoms with van der Waals surface area (Å²) in [6.07, 6.45) is 0. The molecule has 8 nitrogen and oxygen atoms in total. The van der Waals surface area contributed by atoms with E-state index in [1.54, 1.807) is 36.4 Å². The monoisotopic (exact) mass is 429 g/mol. The summed E-state index contributed by atoms with van der Waals surface area (Å²) >= 11 is 5.35. The Hall–Kier alpha value is -3.17. The molecule has 0 atom stereocenters. The minimum Gasteiger partial charge on any atom is -0.496 e. The van der Waals surface area contributed by atoms with E-state index in [9.17, 15) is 9.59 Å². The zero-order chi connectivity index (χ0) is 21.5. The summed E-state index contributed by atoms with van der Waals surface area (Å²) in [6, 6.07) is 12.0. The van der Waals surface area contributed by atoms with E-state index in [1.807, 2.05) is 6.07 Å². The maximum Gasteiger partial charge on any atom is 0.337 e. The van der Waals surface area contributed by atoms with Gasteiger partial charge in [-0.25, -0.2) is 4.79 Å². The highest BCUT2D eigenvalue weighted by molar-refractivity contribution is 7.80. The summed E-state index contributed by atoms with van der Waals surface area (Å²) in [5.41, 5.74) is 2.17. The predicted molar refractivity (Wildman–Crippen MR) is 117 cm³/mol. The summed E-state index contributed by atoms with van der Waals surface area (Å²) in [5.74, 6) is -0.419. The largest absolute Gasteiger partial charge is 0.496 e. The van der Waals surface area contributed by atoms with Crippen LogP contribution in [-0.2, 0) is 9.47 Å². The number of amides is 1. The zero-order valence-electron chi connectivity index (χ0n) is 16.8. The molecule has 158 valence electrons. The lowest BCUT2D eigenvalue weighted by molar-refractivity contribution is 0.0600. The van der Waals surface area contributed by atoms with Gasteiger partial charge in [0.05, 0.1) is 49.9 Å². The highest BCUT2D eigenvalue weighted by Crippen LogP contribution is 2.28. The molecule has 3 rings (SSSR count). The van der Waals surface area contributed by atoms with Crippen molar-refractivity contribution in [2.75, 3.05) is 50.7 Å². The van der Waals surface area contributed by atoms with E-state index in [1.165, 1.54) is 14.2 Å². The van der Waals surface area contributed by atoms with Crippen molar-refractivity contribution in [1.29, 1.82) is 0 Å². The number of rotatable bonds is 5. The first-order chi connectivity index (χ1) is 14.5. The number of benzene rings is 2. The molecule has 0 aliphatic carbocycles. The van der Waals surface area contributed by atoms with Gasteiger partial charge in [-0.2, -0.15) is 0 Å². The molecule has 1 aliphatic rings. The smallest absolute Gasteiger partial charge is 0.337 e. The van der Waals surface area contributed by atoms with Gasteiger partial charge in [0.2, 0.25) is 0 Å². The molecular weight excluding hydrogens is 406 g/mol. The number of nitrogens with zero attached hydrogens (tertiary/aromatic N) is 1. The summed E-state index contributed by atoms with van der Waals surface area (Å²) in [6.45, 7) is 2.61. The Morgan fingerprint density at radius 3 is 2.53 bits per heavy atom. The molecule has 0 spiro atoms. The number of ether oxygens (including phenoxy) is 3. The Morgan fingerprint density at radius 1 is 1.10 bits per heavy atom. The molecule has 1 saturated heterocycles. The molecular formula is C21H23N3O5S. The fourth-order valence-corrected chi connectivity index (χ4v) is 3.32. The number of carbonyl (C=O) groups excluding carboxylic acids is 2. The Labute approximate surface area is 180 Å². The first-order valence-electron chi connectivity index (χ1n) is 9.34. The van der Waals surface area contributed by atoms with E-state index < -0.39 is 11.9 Å². The number of para-hydroxylation sites is 1. The van der Waals surface area contributed by atoms with Crippen molar-refractivity contribution in [3.8, 4) is 5.75 Å². The van der Waals surface area contributed by atoms with E-state index in [-0.39, 0.29) is 5.11 Å². The molecule has 0 saturated carbocycles. The minimum absolute atomic E-state index is 0.0995. The van der Waals surface area contributed by atoms with Crippen LogP contribution in [0.2, 0.25) is 0 Å². The number of esters is 1. The molecule has 2 aromatic carbocycles. The molecule has 9 heteroatoms. The van der Waals surface area contributed by atoms with Gasteiger partial charge in [0.1, 0.15) is 5.75 Å². The quantitative estimate of drug-likeness (QED) is 0.554. The van der Waals surface area contributed by atoms with Crippen molar-refractivity contribution >= 4 is 40.6 Å². The van der Waals surface area contributed by atoms with Crippen LogP contribution in [0.1, 0.15) is 20.7 Å². The SMILES string of the molecule is COC(=O)c1ccc(N2CCOCC2)c(NC(=S)NC(=O)c2ccccc2OC)c1. The normalized spacial score (nSPS) is 13.3. The van der Waals surface area contributed by atoms with E-state index in [4.69, 9.17) is 26.4 Å². The van der Waals surface area contributed by atoms with Gasteiger partial charge in [0.15, 0.2) is 5.11 Å². The molecule has 2 aromatic rings. The molecule has 30 heavy (non-hydrogen) atoms. The molecule has 1 fully saturated rings. The van der Waals surface area contributed by atoms with Crippen LogP contribution in [0.4, 0.5) is 11.4 Å². The fraction of sp³-hybridized carbons (Fsp3) is 0.286. The van der Waals surface area contributed by atoms with Crippen LogP contribution in [0.3, 0.4) is 0 Å². The van der Waals surface area contributed by atoms with Crippen LogP contribution in [0.25, 0.3) is 0 Å². The zero-order valence-corrected chi connectivity index (χ0v) is 17.6. The standard InChI is InChI=1S/C21H23N3O5S/c1-27-18-6-4-3-5-15(18)19(25)23-21(30)22-16-13-14(20(26)28-2)7-8-17(16)24-9-11-29-12-10-24/h3-8,13H,9-12H2,1-2H3,(H2,22,23,25,30). The maximum atomic E-state index is 12.6.